The molecule has 1 aliphatic carbocycles. The molecule has 1 heterocycles. The van der Waals surface area contributed by atoms with E-state index in [2.05, 4.69) is 22.2 Å². The molecule has 0 bridgehead atoms. The Morgan fingerprint density at radius 3 is 2.63 bits per heavy atom. The van der Waals surface area contributed by atoms with Crippen LogP contribution in [0.5, 0.6) is 0 Å². The monoisotopic (exact) mass is 281 g/mol. The number of nitrogens with zero attached hydrogens (tertiary/aromatic N) is 2. The summed E-state index contributed by atoms with van der Waals surface area (Å²) in [5, 5.41) is 3.92. The van der Waals surface area contributed by atoms with Crippen LogP contribution >= 0.6 is 11.6 Å². The molecule has 4 heteroatoms. The molecule has 1 aromatic rings. The minimum atomic E-state index is 0.549. The second-order valence-corrected chi connectivity index (χ2v) is 5.79. The van der Waals surface area contributed by atoms with E-state index in [1.165, 1.54) is 51.4 Å². The molecular formula is C15H24ClN3. The Balaban J connectivity index is 1.67. The van der Waals surface area contributed by atoms with Gasteiger partial charge in [0.2, 0.25) is 0 Å². The highest BCUT2D eigenvalue weighted by molar-refractivity contribution is 6.29. The van der Waals surface area contributed by atoms with Gasteiger partial charge in [0.05, 0.1) is 0 Å². The number of aromatic nitrogens is 2. The van der Waals surface area contributed by atoms with Gasteiger partial charge in [-0.05, 0) is 19.3 Å². The van der Waals surface area contributed by atoms with Crippen molar-refractivity contribution >= 4 is 17.4 Å². The lowest BCUT2D eigenvalue weighted by Gasteiger charge is -2.07. The molecule has 1 aromatic heterocycles. The lowest BCUT2D eigenvalue weighted by molar-refractivity contribution is 0.616. The third-order valence-corrected chi connectivity index (χ3v) is 3.68. The summed E-state index contributed by atoms with van der Waals surface area (Å²) < 4.78 is 0. The SMILES string of the molecule is CCCCCCCCNc1cc(Cl)nc(C2CC2)n1. The number of hydrogen-bond donors (Lipinski definition) is 1. The topological polar surface area (TPSA) is 37.8 Å². The molecule has 1 N–H and O–H groups in total. The van der Waals surface area contributed by atoms with Crippen LogP contribution in [0, 0.1) is 0 Å². The van der Waals surface area contributed by atoms with Gasteiger partial charge in [0.25, 0.3) is 0 Å². The van der Waals surface area contributed by atoms with Gasteiger partial charge in [-0.3, -0.25) is 0 Å². The zero-order chi connectivity index (χ0) is 13.5. The van der Waals surface area contributed by atoms with Crippen molar-refractivity contribution in [3.8, 4) is 0 Å². The van der Waals surface area contributed by atoms with Crippen molar-refractivity contribution in [2.75, 3.05) is 11.9 Å². The van der Waals surface area contributed by atoms with Gasteiger partial charge in [-0.15, -0.1) is 0 Å². The first kappa shape index (κ1) is 14.6. The van der Waals surface area contributed by atoms with E-state index in [-0.39, 0.29) is 0 Å². The lowest BCUT2D eigenvalue weighted by atomic mass is 10.1. The number of unbranched alkanes of at least 4 members (excludes halogenated alkanes) is 5. The number of rotatable bonds is 9. The lowest BCUT2D eigenvalue weighted by Crippen LogP contribution is -2.05. The van der Waals surface area contributed by atoms with Gasteiger partial charge in [-0.2, -0.15) is 0 Å². The molecule has 0 atom stereocenters. The van der Waals surface area contributed by atoms with Crippen LogP contribution in [0.1, 0.15) is 70.0 Å². The van der Waals surface area contributed by atoms with E-state index in [0.29, 0.717) is 11.1 Å². The van der Waals surface area contributed by atoms with Gasteiger partial charge in [-0.1, -0.05) is 50.6 Å². The van der Waals surface area contributed by atoms with Gasteiger partial charge in [0, 0.05) is 18.5 Å². The third kappa shape index (κ3) is 5.35. The van der Waals surface area contributed by atoms with Gasteiger partial charge >= 0.3 is 0 Å². The number of halogens is 1. The quantitative estimate of drug-likeness (QED) is 0.523. The van der Waals surface area contributed by atoms with Gasteiger partial charge in [-0.25, -0.2) is 9.97 Å². The largest absolute Gasteiger partial charge is 0.370 e. The average Bonchev–Trinajstić information content (AvgIpc) is 3.21. The first-order valence-electron chi connectivity index (χ1n) is 7.58. The Labute approximate surface area is 121 Å². The van der Waals surface area contributed by atoms with Crippen molar-refractivity contribution in [2.45, 2.75) is 64.2 Å². The predicted molar refractivity (Wildman–Crippen MR) is 80.9 cm³/mol. The number of hydrogen-bond acceptors (Lipinski definition) is 3. The molecule has 1 saturated carbocycles. The molecule has 0 aliphatic heterocycles. The fourth-order valence-electron chi connectivity index (χ4n) is 2.17. The first-order chi connectivity index (χ1) is 9.29. The summed E-state index contributed by atoms with van der Waals surface area (Å²) >= 11 is 6.03. The van der Waals surface area contributed by atoms with Crippen LogP contribution < -0.4 is 5.32 Å². The second-order valence-electron chi connectivity index (χ2n) is 5.40. The van der Waals surface area contributed by atoms with Gasteiger partial charge < -0.3 is 5.32 Å². The molecule has 0 aromatic carbocycles. The van der Waals surface area contributed by atoms with E-state index >= 15 is 0 Å². The molecule has 2 rings (SSSR count). The molecule has 0 amide bonds. The van der Waals surface area contributed by atoms with Crippen LogP contribution in [0.4, 0.5) is 5.82 Å². The zero-order valence-electron chi connectivity index (χ0n) is 11.8. The maximum absolute atomic E-state index is 6.03. The molecule has 19 heavy (non-hydrogen) atoms. The maximum Gasteiger partial charge on any atom is 0.135 e. The standard InChI is InChI=1S/C15H24ClN3/c1-2-3-4-5-6-7-10-17-14-11-13(16)18-15(19-14)12-8-9-12/h11-12H,2-10H2,1H3,(H,17,18,19). The van der Waals surface area contributed by atoms with Crippen molar-refractivity contribution in [1.82, 2.24) is 9.97 Å². The molecule has 1 fully saturated rings. The van der Waals surface area contributed by atoms with E-state index in [4.69, 9.17) is 11.6 Å². The van der Waals surface area contributed by atoms with Crippen LogP contribution in [0.25, 0.3) is 0 Å². The second kappa shape index (κ2) is 7.68. The highest BCUT2D eigenvalue weighted by Crippen LogP contribution is 2.38. The van der Waals surface area contributed by atoms with Crippen LogP contribution in [0.2, 0.25) is 5.15 Å². The summed E-state index contributed by atoms with van der Waals surface area (Å²) in [5.74, 6) is 2.35. The van der Waals surface area contributed by atoms with Gasteiger partial charge in [0.15, 0.2) is 0 Å². The Bertz CT molecular complexity index is 391. The number of anilines is 1. The van der Waals surface area contributed by atoms with Crippen molar-refractivity contribution in [2.24, 2.45) is 0 Å². The summed E-state index contributed by atoms with van der Waals surface area (Å²) in [6, 6.07) is 1.82. The Morgan fingerprint density at radius 2 is 1.89 bits per heavy atom. The Hall–Kier alpha value is -0.830. The van der Waals surface area contributed by atoms with E-state index in [1.807, 2.05) is 6.07 Å². The van der Waals surface area contributed by atoms with E-state index in [9.17, 15) is 0 Å². The van der Waals surface area contributed by atoms with E-state index in [0.717, 1.165) is 18.2 Å². The smallest absolute Gasteiger partial charge is 0.135 e. The summed E-state index contributed by atoms with van der Waals surface area (Å²) in [4.78, 5) is 8.82. The Kier molecular flexibility index (Phi) is 5.90. The Morgan fingerprint density at radius 1 is 1.16 bits per heavy atom. The van der Waals surface area contributed by atoms with Crippen LogP contribution in [-0.4, -0.2) is 16.5 Å². The fraction of sp³-hybridized carbons (Fsp3) is 0.733. The van der Waals surface area contributed by atoms with Crippen molar-refractivity contribution in [3.05, 3.63) is 17.0 Å². The van der Waals surface area contributed by atoms with Crippen LogP contribution in [0.3, 0.4) is 0 Å². The maximum atomic E-state index is 6.03. The molecule has 0 spiro atoms. The summed E-state index contributed by atoms with van der Waals surface area (Å²) in [5.41, 5.74) is 0. The summed E-state index contributed by atoms with van der Waals surface area (Å²) in [6.07, 6.45) is 10.3. The van der Waals surface area contributed by atoms with Crippen molar-refractivity contribution in [1.29, 1.82) is 0 Å². The molecule has 0 saturated heterocycles. The zero-order valence-corrected chi connectivity index (χ0v) is 12.5. The first-order valence-corrected chi connectivity index (χ1v) is 7.95. The van der Waals surface area contributed by atoms with E-state index in [1.54, 1.807) is 0 Å². The molecule has 3 nitrogen and oxygen atoms in total. The molecule has 0 unspecified atom stereocenters. The van der Waals surface area contributed by atoms with Crippen LogP contribution in [-0.2, 0) is 0 Å². The minimum Gasteiger partial charge on any atom is -0.370 e. The van der Waals surface area contributed by atoms with Crippen molar-refractivity contribution < 1.29 is 0 Å². The summed E-state index contributed by atoms with van der Waals surface area (Å²) in [7, 11) is 0. The molecule has 106 valence electrons. The minimum absolute atomic E-state index is 0.549. The average molecular weight is 282 g/mol. The van der Waals surface area contributed by atoms with Crippen LogP contribution in [0.15, 0.2) is 6.07 Å². The molecule has 0 radical (unpaired) electrons. The third-order valence-electron chi connectivity index (χ3n) is 3.49. The molecular weight excluding hydrogens is 258 g/mol. The number of nitrogens with one attached hydrogen (secondary N) is 1. The van der Waals surface area contributed by atoms with E-state index < -0.39 is 0 Å². The summed E-state index contributed by atoms with van der Waals surface area (Å²) in [6.45, 7) is 3.22. The highest BCUT2D eigenvalue weighted by Gasteiger charge is 2.27. The highest BCUT2D eigenvalue weighted by atomic mass is 35.5. The molecule has 1 aliphatic rings. The fourth-order valence-corrected chi connectivity index (χ4v) is 2.36. The van der Waals surface area contributed by atoms with Gasteiger partial charge in [0.1, 0.15) is 16.8 Å². The predicted octanol–water partition coefficient (Wildman–Crippen LogP) is 4.78. The normalized spacial score (nSPS) is 14.6. The van der Waals surface area contributed by atoms with Crippen molar-refractivity contribution in [3.63, 3.8) is 0 Å².